The van der Waals surface area contributed by atoms with Gasteiger partial charge in [-0.25, -0.2) is 0 Å². The molecule has 0 heterocycles. The molecule has 0 aromatic carbocycles. The van der Waals surface area contributed by atoms with Crippen LogP contribution in [0.5, 0.6) is 0 Å². The Hall–Kier alpha value is -0.740. The molecule has 0 saturated heterocycles. The smallest absolute Gasteiger partial charge is 0.266 e. The molecular weight excluding hydrogens is 470 g/mol. The molecule has 202 valence electrons. The van der Waals surface area contributed by atoms with Gasteiger partial charge < -0.3 is 20.6 Å². The van der Waals surface area contributed by atoms with Crippen LogP contribution in [0.1, 0.15) is 78.6 Å². The lowest BCUT2D eigenvalue weighted by molar-refractivity contribution is -0.207. The number of carbonyl (C=O) groups excluding carboxylic acids is 1. The fourth-order valence-corrected chi connectivity index (χ4v) is 9.46. The van der Waals surface area contributed by atoms with E-state index in [4.69, 9.17) is 4.55 Å². The van der Waals surface area contributed by atoms with Gasteiger partial charge in [0.15, 0.2) is 0 Å². The summed E-state index contributed by atoms with van der Waals surface area (Å²) in [5.74, 6) is 0.705. The van der Waals surface area contributed by atoms with Gasteiger partial charge >= 0.3 is 0 Å². The Morgan fingerprint density at radius 2 is 1.77 bits per heavy atom. The highest BCUT2D eigenvalue weighted by Crippen LogP contribution is 2.68. The molecule has 1 amide bonds. The number of amides is 1. The maximum absolute atomic E-state index is 12.2. The van der Waals surface area contributed by atoms with Crippen molar-refractivity contribution in [2.75, 3.05) is 12.3 Å². The van der Waals surface area contributed by atoms with Crippen molar-refractivity contribution in [3.8, 4) is 0 Å². The van der Waals surface area contributed by atoms with E-state index >= 15 is 0 Å². The summed E-state index contributed by atoms with van der Waals surface area (Å²) in [7, 11) is -4.10. The SMILES string of the molecule is CC(CCC(=O)NCCS(=O)(=O)O)C1CCC2C3C(O)CC4CC(O)CC[C@]4(C)C3CC(O)[C@]12C. The summed E-state index contributed by atoms with van der Waals surface area (Å²) in [6.45, 7) is 6.56. The standard InChI is InChI=1S/C26H45NO7S/c1-15(4-7-23(31)27-10-11-35(32,33)34)18-5-6-19-24-20(14-22(30)26(18,19)3)25(2)9-8-17(28)12-16(25)13-21(24)29/h15-22,24,28-30H,4-14H2,1-3H3,(H,27,31)(H,32,33,34)/t15?,16?,17?,18?,19?,20?,21?,22?,24?,25-,26+/m0/s1. The van der Waals surface area contributed by atoms with Gasteiger partial charge in [0.2, 0.25) is 5.91 Å². The zero-order chi connectivity index (χ0) is 25.8. The van der Waals surface area contributed by atoms with Gasteiger partial charge in [-0.2, -0.15) is 8.42 Å². The van der Waals surface area contributed by atoms with Crippen molar-refractivity contribution >= 4 is 16.0 Å². The van der Waals surface area contributed by atoms with Crippen LogP contribution >= 0.6 is 0 Å². The third kappa shape index (κ3) is 5.05. The molecule has 9 heteroatoms. The normalized spacial score (nSPS) is 46.3. The number of fused-ring (bicyclic) bond motifs is 5. The van der Waals surface area contributed by atoms with E-state index in [1.165, 1.54) is 0 Å². The Balaban J connectivity index is 1.43. The first-order valence-electron chi connectivity index (χ1n) is 13.5. The summed E-state index contributed by atoms with van der Waals surface area (Å²) < 4.78 is 30.5. The van der Waals surface area contributed by atoms with Crippen molar-refractivity contribution in [1.29, 1.82) is 0 Å². The molecule has 4 aliphatic rings. The largest absolute Gasteiger partial charge is 0.393 e. The number of aliphatic hydroxyl groups is 3. The highest BCUT2D eigenvalue weighted by Gasteiger charge is 2.65. The summed E-state index contributed by atoms with van der Waals surface area (Å²) >= 11 is 0. The molecule has 4 rings (SSSR count). The van der Waals surface area contributed by atoms with Crippen LogP contribution < -0.4 is 5.32 Å². The molecule has 0 aromatic rings. The van der Waals surface area contributed by atoms with E-state index in [1.54, 1.807) is 0 Å². The van der Waals surface area contributed by atoms with Crippen molar-refractivity contribution in [3.63, 3.8) is 0 Å². The topological polar surface area (TPSA) is 144 Å². The number of carbonyl (C=O) groups is 1. The molecule has 4 fully saturated rings. The molecule has 9 unspecified atom stereocenters. The zero-order valence-electron chi connectivity index (χ0n) is 21.4. The van der Waals surface area contributed by atoms with Crippen molar-refractivity contribution in [1.82, 2.24) is 5.32 Å². The monoisotopic (exact) mass is 515 g/mol. The van der Waals surface area contributed by atoms with Crippen LogP contribution in [0.4, 0.5) is 0 Å². The van der Waals surface area contributed by atoms with E-state index in [0.29, 0.717) is 18.8 Å². The van der Waals surface area contributed by atoms with Gasteiger partial charge in [0.25, 0.3) is 10.1 Å². The van der Waals surface area contributed by atoms with Gasteiger partial charge in [0.05, 0.1) is 24.1 Å². The van der Waals surface area contributed by atoms with Crippen molar-refractivity contribution in [3.05, 3.63) is 0 Å². The Morgan fingerprint density at radius 3 is 2.46 bits per heavy atom. The van der Waals surface area contributed by atoms with Crippen LogP contribution in [-0.4, -0.2) is 64.8 Å². The van der Waals surface area contributed by atoms with Gasteiger partial charge in [-0.05, 0) is 97.7 Å². The average Bonchev–Trinajstić information content (AvgIpc) is 3.12. The van der Waals surface area contributed by atoms with Crippen LogP contribution in [0.25, 0.3) is 0 Å². The highest BCUT2D eigenvalue weighted by molar-refractivity contribution is 7.85. The number of hydrogen-bond acceptors (Lipinski definition) is 6. The number of aliphatic hydroxyl groups excluding tert-OH is 3. The molecule has 4 aliphatic carbocycles. The molecule has 35 heavy (non-hydrogen) atoms. The summed E-state index contributed by atoms with van der Waals surface area (Å²) in [5.41, 5.74) is -0.254. The molecule has 0 bridgehead atoms. The van der Waals surface area contributed by atoms with Crippen molar-refractivity contribution < 1.29 is 33.1 Å². The lowest BCUT2D eigenvalue weighted by Crippen LogP contribution is -2.62. The summed E-state index contributed by atoms with van der Waals surface area (Å²) in [4.78, 5) is 12.2. The molecule has 11 atom stereocenters. The van der Waals surface area contributed by atoms with E-state index in [-0.39, 0.29) is 65.4 Å². The Morgan fingerprint density at radius 1 is 1.06 bits per heavy atom. The number of nitrogens with one attached hydrogen (secondary N) is 1. The fourth-order valence-electron chi connectivity index (χ4n) is 9.10. The quantitative estimate of drug-likeness (QED) is 0.327. The summed E-state index contributed by atoms with van der Waals surface area (Å²) in [6, 6.07) is 0. The summed E-state index contributed by atoms with van der Waals surface area (Å²) in [5, 5.41) is 35.8. The molecular formula is C26H45NO7S. The molecule has 8 nitrogen and oxygen atoms in total. The highest BCUT2D eigenvalue weighted by atomic mass is 32.2. The average molecular weight is 516 g/mol. The Bertz CT molecular complexity index is 896. The van der Waals surface area contributed by atoms with Gasteiger partial charge in [-0.3, -0.25) is 9.35 Å². The number of rotatable bonds is 7. The van der Waals surface area contributed by atoms with Gasteiger partial charge in [0, 0.05) is 13.0 Å². The molecule has 0 aromatic heterocycles. The van der Waals surface area contributed by atoms with E-state index in [2.05, 4.69) is 26.1 Å². The lowest BCUT2D eigenvalue weighted by atomic mass is 9.43. The van der Waals surface area contributed by atoms with E-state index < -0.39 is 28.1 Å². The van der Waals surface area contributed by atoms with Gasteiger partial charge in [-0.15, -0.1) is 0 Å². The Labute approximate surface area is 210 Å². The third-order valence-electron chi connectivity index (χ3n) is 11.0. The van der Waals surface area contributed by atoms with E-state index in [9.17, 15) is 28.5 Å². The predicted octanol–water partition coefficient (Wildman–Crippen LogP) is 2.37. The fraction of sp³-hybridized carbons (Fsp3) is 0.962. The first kappa shape index (κ1) is 27.3. The van der Waals surface area contributed by atoms with Crippen molar-refractivity contribution in [2.24, 2.45) is 46.3 Å². The second-order valence-corrected chi connectivity index (χ2v) is 14.2. The first-order valence-corrected chi connectivity index (χ1v) is 15.1. The molecule has 0 spiro atoms. The minimum absolute atomic E-state index is 0.0509. The molecule has 0 aliphatic heterocycles. The minimum atomic E-state index is -4.10. The van der Waals surface area contributed by atoms with Gasteiger partial charge in [0.1, 0.15) is 0 Å². The van der Waals surface area contributed by atoms with Crippen molar-refractivity contribution in [2.45, 2.75) is 96.9 Å². The minimum Gasteiger partial charge on any atom is -0.393 e. The summed E-state index contributed by atoms with van der Waals surface area (Å²) in [6.07, 6.45) is 5.67. The molecule has 0 radical (unpaired) electrons. The molecule has 4 saturated carbocycles. The third-order valence-corrected chi connectivity index (χ3v) is 11.7. The maximum atomic E-state index is 12.2. The van der Waals surface area contributed by atoms with E-state index in [1.807, 2.05) is 0 Å². The van der Waals surface area contributed by atoms with Crippen LogP contribution in [0.15, 0.2) is 0 Å². The zero-order valence-corrected chi connectivity index (χ0v) is 22.2. The first-order chi connectivity index (χ1) is 16.3. The van der Waals surface area contributed by atoms with Crippen LogP contribution in [-0.2, 0) is 14.9 Å². The second-order valence-electron chi connectivity index (χ2n) is 12.7. The second kappa shape index (κ2) is 9.86. The van der Waals surface area contributed by atoms with Crippen LogP contribution in [0, 0.1) is 46.3 Å². The maximum Gasteiger partial charge on any atom is 0.266 e. The lowest BCUT2D eigenvalue weighted by Gasteiger charge is -2.63. The predicted molar refractivity (Wildman–Crippen MR) is 132 cm³/mol. The Kier molecular flexibility index (Phi) is 7.69. The molecule has 5 N–H and O–H groups in total. The van der Waals surface area contributed by atoms with Crippen LogP contribution in [0.2, 0.25) is 0 Å². The van der Waals surface area contributed by atoms with E-state index in [0.717, 1.165) is 38.5 Å². The van der Waals surface area contributed by atoms with Gasteiger partial charge in [-0.1, -0.05) is 20.8 Å². The number of hydrogen-bond donors (Lipinski definition) is 5. The van der Waals surface area contributed by atoms with Crippen LogP contribution in [0.3, 0.4) is 0 Å².